The molecule has 0 unspecified atom stereocenters. The molecule has 1 aliphatic rings. The van der Waals surface area contributed by atoms with Gasteiger partial charge in [0.1, 0.15) is 0 Å². The first kappa shape index (κ1) is 10.1. The number of nitrogens with zero attached hydrogens (tertiary/aromatic N) is 1. The molecule has 16 heavy (non-hydrogen) atoms. The van der Waals surface area contributed by atoms with Crippen molar-refractivity contribution in [2.24, 2.45) is 0 Å². The monoisotopic (exact) mass is 247 g/mol. The van der Waals surface area contributed by atoms with Gasteiger partial charge in [-0.25, -0.2) is 4.98 Å². The lowest BCUT2D eigenvalue weighted by Gasteiger charge is -2.13. The smallest absolute Gasteiger partial charge is 0.188 e. The molecule has 0 saturated heterocycles. The number of aromatic nitrogens is 1. The molecule has 0 amide bonds. The van der Waals surface area contributed by atoms with Gasteiger partial charge >= 0.3 is 0 Å². The fraction of sp³-hybridized carbons (Fsp3) is 0.167. The topological polar surface area (TPSA) is 30.0 Å². The number of carbonyl (C=O) groups excluding carboxylic acids is 1. The van der Waals surface area contributed by atoms with E-state index in [0.29, 0.717) is 5.01 Å². The van der Waals surface area contributed by atoms with Crippen LogP contribution in [-0.4, -0.2) is 10.8 Å². The highest BCUT2D eigenvalue weighted by Crippen LogP contribution is 2.43. The largest absolute Gasteiger partial charge is 0.292 e. The highest BCUT2D eigenvalue weighted by Gasteiger charge is 2.21. The first-order valence-corrected chi connectivity index (χ1v) is 6.79. The lowest BCUT2D eigenvalue weighted by atomic mass is 10.1. The van der Waals surface area contributed by atoms with Crippen molar-refractivity contribution in [1.29, 1.82) is 0 Å². The molecule has 4 heteroatoms. The van der Waals surface area contributed by atoms with Crippen LogP contribution in [-0.2, 0) is 5.75 Å². The molecule has 80 valence electrons. The average molecular weight is 247 g/mol. The Morgan fingerprint density at radius 2 is 2.19 bits per heavy atom. The van der Waals surface area contributed by atoms with Crippen molar-refractivity contribution >= 4 is 28.9 Å². The minimum atomic E-state index is 0.0573. The van der Waals surface area contributed by atoms with Gasteiger partial charge in [0.05, 0.1) is 5.69 Å². The minimum Gasteiger partial charge on any atom is -0.292 e. The zero-order valence-electron chi connectivity index (χ0n) is 8.69. The number of hydrogen-bond donors (Lipinski definition) is 0. The molecule has 1 aromatic heterocycles. The van der Waals surface area contributed by atoms with E-state index in [-0.39, 0.29) is 5.78 Å². The summed E-state index contributed by atoms with van der Waals surface area (Å²) in [6.45, 7) is 1.57. The third-order valence-corrected chi connectivity index (χ3v) is 4.94. The van der Waals surface area contributed by atoms with Gasteiger partial charge in [-0.05, 0) is 6.07 Å². The van der Waals surface area contributed by atoms with Crippen molar-refractivity contribution in [2.75, 3.05) is 0 Å². The van der Waals surface area contributed by atoms with Gasteiger partial charge in [-0.2, -0.15) is 0 Å². The number of ketones is 1. The van der Waals surface area contributed by atoms with Gasteiger partial charge in [0.25, 0.3) is 0 Å². The Morgan fingerprint density at radius 1 is 1.38 bits per heavy atom. The number of rotatable bonds is 1. The number of hydrogen-bond acceptors (Lipinski definition) is 4. The Labute approximate surface area is 102 Å². The highest BCUT2D eigenvalue weighted by atomic mass is 32.2. The summed E-state index contributed by atoms with van der Waals surface area (Å²) in [6.07, 6.45) is 0. The predicted molar refractivity (Wildman–Crippen MR) is 67.1 cm³/mol. The van der Waals surface area contributed by atoms with Gasteiger partial charge in [-0.1, -0.05) is 18.2 Å². The molecule has 0 saturated carbocycles. The standard InChI is InChI=1S/C12H9NOS2/c1-7(14)12-13-11-8-4-2-3-5-9(8)15-6-10(11)16-12/h2-5H,6H2,1H3. The van der Waals surface area contributed by atoms with Crippen LogP contribution in [0, 0.1) is 0 Å². The molecule has 0 spiro atoms. The van der Waals surface area contributed by atoms with Gasteiger partial charge in [0.2, 0.25) is 0 Å². The van der Waals surface area contributed by atoms with Gasteiger partial charge in [-0.3, -0.25) is 4.79 Å². The number of thiazole rings is 1. The lowest BCUT2D eigenvalue weighted by molar-refractivity contribution is 0.101. The van der Waals surface area contributed by atoms with E-state index in [1.165, 1.54) is 21.1 Å². The van der Waals surface area contributed by atoms with Crippen LogP contribution in [0.2, 0.25) is 0 Å². The zero-order valence-corrected chi connectivity index (χ0v) is 10.3. The Hall–Kier alpha value is -1.13. The molecule has 0 radical (unpaired) electrons. The predicted octanol–water partition coefficient (Wildman–Crippen LogP) is 3.62. The SMILES string of the molecule is CC(=O)c1nc2c(s1)CSc1ccccc1-2. The van der Waals surface area contributed by atoms with Gasteiger partial charge in [0, 0.05) is 28.0 Å². The fourth-order valence-electron chi connectivity index (χ4n) is 1.74. The van der Waals surface area contributed by atoms with E-state index < -0.39 is 0 Å². The number of fused-ring (bicyclic) bond motifs is 3. The van der Waals surface area contributed by atoms with Gasteiger partial charge in [-0.15, -0.1) is 23.1 Å². The fourth-order valence-corrected chi connectivity index (χ4v) is 3.84. The van der Waals surface area contributed by atoms with E-state index in [1.807, 2.05) is 23.9 Å². The molecule has 0 atom stereocenters. The molecule has 0 N–H and O–H groups in total. The minimum absolute atomic E-state index is 0.0573. The number of thioether (sulfide) groups is 1. The molecule has 0 bridgehead atoms. The maximum atomic E-state index is 11.3. The second-order valence-corrected chi connectivity index (χ2v) is 5.73. The number of carbonyl (C=O) groups is 1. The third-order valence-electron chi connectivity index (χ3n) is 2.50. The maximum absolute atomic E-state index is 11.3. The molecule has 1 aliphatic heterocycles. The van der Waals surface area contributed by atoms with Crippen LogP contribution in [0.5, 0.6) is 0 Å². The summed E-state index contributed by atoms with van der Waals surface area (Å²) in [5.74, 6) is 0.985. The van der Waals surface area contributed by atoms with E-state index in [4.69, 9.17) is 0 Å². The molecule has 2 nitrogen and oxygen atoms in total. The zero-order chi connectivity index (χ0) is 11.1. The van der Waals surface area contributed by atoms with Crippen molar-refractivity contribution in [1.82, 2.24) is 4.98 Å². The third kappa shape index (κ3) is 1.49. The lowest BCUT2D eigenvalue weighted by Crippen LogP contribution is -1.93. The summed E-state index contributed by atoms with van der Waals surface area (Å²) in [4.78, 5) is 18.2. The van der Waals surface area contributed by atoms with Crippen LogP contribution in [0.25, 0.3) is 11.3 Å². The van der Waals surface area contributed by atoms with Crippen LogP contribution in [0.1, 0.15) is 21.6 Å². The number of benzene rings is 1. The normalized spacial score (nSPS) is 13.1. The Kier molecular flexibility index (Phi) is 2.33. The maximum Gasteiger partial charge on any atom is 0.188 e. The Balaban J connectivity index is 2.20. The summed E-state index contributed by atoms with van der Waals surface area (Å²) < 4.78 is 0. The van der Waals surface area contributed by atoms with Crippen LogP contribution in [0.4, 0.5) is 0 Å². The van der Waals surface area contributed by atoms with Gasteiger partial charge in [0.15, 0.2) is 10.8 Å². The molecule has 3 rings (SSSR count). The van der Waals surface area contributed by atoms with Crippen LogP contribution >= 0.6 is 23.1 Å². The molecule has 2 heterocycles. The van der Waals surface area contributed by atoms with E-state index in [2.05, 4.69) is 17.1 Å². The quantitative estimate of drug-likeness (QED) is 0.721. The summed E-state index contributed by atoms with van der Waals surface area (Å²) in [7, 11) is 0. The molecule has 1 aromatic carbocycles. The van der Waals surface area contributed by atoms with E-state index in [0.717, 1.165) is 17.0 Å². The van der Waals surface area contributed by atoms with E-state index >= 15 is 0 Å². The molecule has 0 aliphatic carbocycles. The Bertz CT molecular complexity index is 574. The Morgan fingerprint density at radius 3 is 3.00 bits per heavy atom. The molecular formula is C12H9NOS2. The number of Topliss-reactive ketones (excluding diaryl/α,β-unsaturated/α-hetero) is 1. The van der Waals surface area contributed by atoms with E-state index in [9.17, 15) is 4.79 Å². The average Bonchev–Trinajstić information content (AvgIpc) is 2.73. The first-order valence-electron chi connectivity index (χ1n) is 4.98. The van der Waals surface area contributed by atoms with Crippen LogP contribution < -0.4 is 0 Å². The van der Waals surface area contributed by atoms with E-state index in [1.54, 1.807) is 6.92 Å². The molecule has 2 aromatic rings. The van der Waals surface area contributed by atoms with Crippen molar-refractivity contribution in [3.8, 4) is 11.3 Å². The van der Waals surface area contributed by atoms with Crippen LogP contribution in [0.15, 0.2) is 29.2 Å². The van der Waals surface area contributed by atoms with Crippen molar-refractivity contribution in [3.05, 3.63) is 34.2 Å². The second kappa shape index (κ2) is 3.71. The first-order chi connectivity index (χ1) is 7.75. The molecule has 0 fully saturated rings. The van der Waals surface area contributed by atoms with Crippen molar-refractivity contribution < 1.29 is 4.79 Å². The summed E-state index contributed by atoms with van der Waals surface area (Å²) in [5, 5.41) is 0.627. The van der Waals surface area contributed by atoms with Crippen LogP contribution in [0.3, 0.4) is 0 Å². The molecular weight excluding hydrogens is 238 g/mol. The summed E-state index contributed by atoms with van der Waals surface area (Å²) in [6, 6.07) is 8.23. The summed E-state index contributed by atoms with van der Waals surface area (Å²) in [5.41, 5.74) is 2.17. The highest BCUT2D eigenvalue weighted by molar-refractivity contribution is 7.98. The van der Waals surface area contributed by atoms with Gasteiger partial charge < -0.3 is 0 Å². The summed E-state index contributed by atoms with van der Waals surface area (Å²) >= 11 is 3.34. The van der Waals surface area contributed by atoms with Crippen molar-refractivity contribution in [2.45, 2.75) is 17.6 Å². The van der Waals surface area contributed by atoms with Crippen molar-refractivity contribution in [3.63, 3.8) is 0 Å². The second-order valence-electron chi connectivity index (χ2n) is 3.63.